The van der Waals surface area contributed by atoms with Gasteiger partial charge in [-0.05, 0) is 44.4 Å². The average Bonchev–Trinajstić information content (AvgIpc) is 2.72. The number of halogens is 1. The Hall–Kier alpha value is -0.160. The van der Waals surface area contributed by atoms with Crippen LogP contribution in [0.3, 0.4) is 0 Å². The minimum atomic E-state index is -0.470. The van der Waals surface area contributed by atoms with Gasteiger partial charge in [0.1, 0.15) is 6.10 Å². The van der Waals surface area contributed by atoms with Crippen LogP contribution in [0.1, 0.15) is 16.5 Å². The maximum Gasteiger partial charge on any atom is 0.114 e. The van der Waals surface area contributed by atoms with Crippen molar-refractivity contribution < 1.29 is 5.11 Å². The third-order valence-electron chi connectivity index (χ3n) is 1.72. The molecule has 0 saturated heterocycles. The summed E-state index contributed by atoms with van der Waals surface area (Å²) in [6.07, 6.45) is -0.470. The normalized spacial score (nSPS) is 13.1. The molecule has 2 aromatic rings. The standard InChI is InChI=1S/C9H7BrOS2/c10-7-3-8(13-5-7)9(11)6-1-2-12-4-6/h1-5,9,11H. The summed E-state index contributed by atoms with van der Waals surface area (Å²) in [5.74, 6) is 0. The van der Waals surface area contributed by atoms with E-state index in [4.69, 9.17) is 0 Å². The first-order chi connectivity index (χ1) is 6.27. The monoisotopic (exact) mass is 274 g/mol. The van der Waals surface area contributed by atoms with Crippen LogP contribution in [-0.4, -0.2) is 5.11 Å². The molecule has 0 amide bonds. The lowest BCUT2D eigenvalue weighted by atomic mass is 10.2. The van der Waals surface area contributed by atoms with Crippen molar-refractivity contribution >= 4 is 38.6 Å². The molecular weight excluding hydrogens is 268 g/mol. The van der Waals surface area contributed by atoms with Crippen molar-refractivity contribution in [1.82, 2.24) is 0 Å². The molecular formula is C9H7BrOS2. The van der Waals surface area contributed by atoms with Gasteiger partial charge in [-0.15, -0.1) is 11.3 Å². The molecule has 1 N–H and O–H groups in total. The van der Waals surface area contributed by atoms with Gasteiger partial charge >= 0.3 is 0 Å². The Morgan fingerprint density at radius 3 is 2.77 bits per heavy atom. The lowest BCUT2D eigenvalue weighted by Gasteiger charge is -2.04. The number of hydrogen-bond donors (Lipinski definition) is 1. The second kappa shape index (κ2) is 3.92. The number of aliphatic hydroxyl groups is 1. The van der Waals surface area contributed by atoms with Gasteiger partial charge in [0.25, 0.3) is 0 Å². The van der Waals surface area contributed by atoms with E-state index in [0.717, 1.165) is 14.9 Å². The number of aliphatic hydroxyl groups excluding tert-OH is 1. The summed E-state index contributed by atoms with van der Waals surface area (Å²) in [6, 6.07) is 3.90. The molecule has 1 atom stereocenters. The van der Waals surface area contributed by atoms with Crippen LogP contribution >= 0.6 is 38.6 Å². The van der Waals surface area contributed by atoms with E-state index in [-0.39, 0.29) is 0 Å². The molecule has 0 aliphatic heterocycles. The van der Waals surface area contributed by atoms with Crippen molar-refractivity contribution in [3.05, 3.63) is 43.2 Å². The van der Waals surface area contributed by atoms with Crippen LogP contribution in [0.2, 0.25) is 0 Å². The van der Waals surface area contributed by atoms with Crippen molar-refractivity contribution in [2.75, 3.05) is 0 Å². The summed E-state index contributed by atoms with van der Waals surface area (Å²) in [5.41, 5.74) is 0.972. The van der Waals surface area contributed by atoms with Crippen molar-refractivity contribution in [2.45, 2.75) is 6.10 Å². The zero-order valence-electron chi connectivity index (χ0n) is 6.61. The topological polar surface area (TPSA) is 20.2 Å². The summed E-state index contributed by atoms with van der Waals surface area (Å²) in [7, 11) is 0. The quantitative estimate of drug-likeness (QED) is 0.887. The highest BCUT2D eigenvalue weighted by atomic mass is 79.9. The molecule has 0 fully saturated rings. The van der Waals surface area contributed by atoms with Crippen molar-refractivity contribution in [2.24, 2.45) is 0 Å². The molecule has 0 bridgehead atoms. The van der Waals surface area contributed by atoms with Gasteiger partial charge in [0.15, 0.2) is 0 Å². The Balaban J connectivity index is 2.28. The number of rotatable bonds is 2. The summed E-state index contributed by atoms with van der Waals surface area (Å²) >= 11 is 6.53. The van der Waals surface area contributed by atoms with Gasteiger partial charge in [0.05, 0.1) is 0 Å². The van der Waals surface area contributed by atoms with E-state index in [2.05, 4.69) is 15.9 Å². The highest BCUT2D eigenvalue weighted by Gasteiger charge is 2.12. The third-order valence-corrected chi connectivity index (χ3v) is 4.16. The van der Waals surface area contributed by atoms with Gasteiger partial charge in [0, 0.05) is 14.7 Å². The lowest BCUT2D eigenvalue weighted by molar-refractivity contribution is 0.224. The highest BCUT2D eigenvalue weighted by Crippen LogP contribution is 2.30. The summed E-state index contributed by atoms with van der Waals surface area (Å²) in [5, 5.41) is 15.8. The lowest BCUT2D eigenvalue weighted by Crippen LogP contribution is -1.93. The Morgan fingerprint density at radius 2 is 2.23 bits per heavy atom. The van der Waals surface area contributed by atoms with Crippen molar-refractivity contribution in [3.8, 4) is 0 Å². The number of hydrogen-bond acceptors (Lipinski definition) is 3. The molecule has 68 valence electrons. The minimum absolute atomic E-state index is 0.470. The summed E-state index contributed by atoms with van der Waals surface area (Å²) in [4.78, 5) is 0.977. The van der Waals surface area contributed by atoms with Gasteiger partial charge in [-0.2, -0.15) is 11.3 Å². The van der Waals surface area contributed by atoms with Gasteiger partial charge in [0.2, 0.25) is 0 Å². The van der Waals surface area contributed by atoms with Crippen molar-refractivity contribution in [3.63, 3.8) is 0 Å². The molecule has 0 aromatic carbocycles. The van der Waals surface area contributed by atoms with Crippen LogP contribution in [-0.2, 0) is 0 Å². The molecule has 0 aliphatic rings. The molecule has 0 saturated carbocycles. The van der Waals surface area contributed by atoms with E-state index in [1.54, 1.807) is 22.7 Å². The highest BCUT2D eigenvalue weighted by molar-refractivity contribution is 9.10. The van der Waals surface area contributed by atoms with Crippen LogP contribution in [0.25, 0.3) is 0 Å². The predicted molar refractivity (Wildman–Crippen MR) is 60.4 cm³/mol. The minimum Gasteiger partial charge on any atom is -0.383 e. The van der Waals surface area contributed by atoms with E-state index < -0.39 is 6.10 Å². The largest absolute Gasteiger partial charge is 0.383 e. The summed E-state index contributed by atoms with van der Waals surface area (Å²) < 4.78 is 1.03. The van der Waals surface area contributed by atoms with Gasteiger partial charge in [-0.1, -0.05) is 0 Å². The predicted octanol–water partition coefficient (Wildman–Crippen LogP) is 3.65. The molecule has 2 aromatic heterocycles. The van der Waals surface area contributed by atoms with Crippen LogP contribution in [0, 0.1) is 0 Å². The maximum absolute atomic E-state index is 9.89. The van der Waals surface area contributed by atoms with E-state index in [1.165, 1.54) is 0 Å². The Kier molecular flexibility index (Phi) is 2.83. The molecule has 2 heterocycles. The first kappa shape index (κ1) is 9.40. The molecule has 1 nitrogen and oxygen atoms in total. The second-order valence-corrected chi connectivity index (χ2v) is 5.27. The molecule has 13 heavy (non-hydrogen) atoms. The van der Waals surface area contributed by atoms with Crippen LogP contribution in [0.5, 0.6) is 0 Å². The van der Waals surface area contributed by atoms with Gasteiger partial charge in [-0.25, -0.2) is 0 Å². The maximum atomic E-state index is 9.89. The molecule has 2 rings (SSSR count). The molecule has 0 aliphatic carbocycles. The van der Waals surface area contributed by atoms with Crippen LogP contribution in [0.4, 0.5) is 0 Å². The second-order valence-electron chi connectivity index (χ2n) is 2.63. The van der Waals surface area contributed by atoms with E-state index in [9.17, 15) is 5.11 Å². The molecule has 1 unspecified atom stereocenters. The fraction of sp³-hybridized carbons (Fsp3) is 0.111. The fourth-order valence-corrected chi connectivity index (χ4v) is 3.20. The van der Waals surface area contributed by atoms with Crippen LogP contribution in [0.15, 0.2) is 32.7 Å². The third kappa shape index (κ3) is 2.02. The first-order valence-corrected chi connectivity index (χ1v) is 6.33. The summed E-state index contributed by atoms with van der Waals surface area (Å²) in [6.45, 7) is 0. The van der Waals surface area contributed by atoms with Crippen LogP contribution < -0.4 is 0 Å². The molecule has 0 spiro atoms. The van der Waals surface area contributed by atoms with E-state index >= 15 is 0 Å². The Morgan fingerprint density at radius 1 is 1.38 bits per heavy atom. The number of thiophene rings is 2. The van der Waals surface area contributed by atoms with Gasteiger partial charge < -0.3 is 5.11 Å². The zero-order valence-corrected chi connectivity index (χ0v) is 9.82. The Labute approximate surface area is 92.8 Å². The smallest absolute Gasteiger partial charge is 0.114 e. The zero-order chi connectivity index (χ0) is 9.26. The molecule has 4 heteroatoms. The van der Waals surface area contributed by atoms with Crippen molar-refractivity contribution in [1.29, 1.82) is 0 Å². The molecule has 0 radical (unpaired) electrons. The fourth-order valence-electron chi connectivity index (χ4n) is 1.07. The SMILES string of the molecule is OC(c1ccsc1)c1cc(Br)cs1. The Bertz CT molecular complexity index is 380. The van der Waals surface area contributed by atoms with E-state index in [0.29, 0.717) is 0 Å². The van der Waals surface area contributed by atoms with Gasteiger partial charge in [-0.3, -0.25) is 0 Å². The average molecular weight is 275 g/mol. The van der Waals surface area contributed by atoms with E-state index in [1.807, 2.05) is 28.3 Å². The first-order valence-electron chi connectivity index (χ1n) is 3.71.